The summed E-state index contributed by atoms with van der Waals surface area (Å²) in [5.74, 6) is 1.14. The third kappa shape index (κ3) is 4.03. The lowest BCUT2D eigenvalue weighted by atomic mass is 9.88. The molecular formula is C15H23N3O. The molecule has 0 radical (unpaired) electrons. The van der Waals surface area contributed by atoms with Gasteiger partial charge in [-0.15, -0.1) is 0 Å². The molecule has 1 saturated heterocycles. The molecule has 2 rings (SSSR count). The molecule has 0 atom stereocenters. The van der Waals surface area contributed by atoms with Crippen LogP contribution in [0.15, 0.2) is 18.3 Å². The predicted molar refractivity (Wildman–Crippen MR) is 77.7 cm³/mol. The average Bonchev–Trinajstić information content (AvgIpc) is 2.38. The van der Waals surface area contributed by atoms with Gasteiger partial charge < -0.3 is 10.2 Å². The Bertz CT molecular complexity index is 428. The van der Waals surface area contributed by atoms with E-state index in [2.05, 4.69) is 36.0 Å². The van der Waals surface area contributed by atoms with Crippen LogP contribution >= 0.6 is 0 Å². The molecule has 104 valence electrons. The molecule has 4 heteroatoms. The number of carbonyl (C=O) groups is 1. The number of rotatable bonds is 3. The largest absolute Gasteiger partial charge is 0.354 e. The SMILES string of the molecule is CC(C)(C)CC(=O)c1ccc(N2CCNCC2)nc1. The van der Waals surface area contributed by atoms with Crippen LogP contribution < -0.4 is 10.2 Å². The standard InChI is InChI=1S/C15H23N3O/c1-15(2,3)10-13(19)12-4-5-14(17-11-12)18-8-6-16-7-9-18/h4-5,11,16H,6-10H2,1-3H3. The van der Waals surface area contributed by atoms with Gasteiger partial charge in [-0.3, -0.25) is 4.79 Å². The lowest BCUT2D eigenvalue weighted by Crippen LogP contribution is -2.43. The van der Waals surface area contributed by atoms with Gasteiger partial charge in [-0.05, 0) is 17.5 Å². The zero-order valence-electron chi connectivity index (χ0n) is 12.1. The first-order valence-corrected chi connectivity index (χ1v) is 6.91. The van der Waals surface area contributed by atoms with Gasteiger partial charge in [-0.1, -0.05) is 20.8 Å². The van der Waals surface area contributed by atoms with Crippen LogP contribution in [-0.2, 0) is 0 Å². The molecule has 0 aliphatic carbocycles. The highest BCUT2D eigenvalue weighted by Gasteiger charge is 2.18. The van der Waals surface area contributed by atoms with Crippen LogP contribution in [-0.4, -0.2) is 36.9 Å². The summed E-state index contributed by atoms with van der Waals surface area (Å²) in [6, 6.07) is 3.86. The quantitative estimate of drug-likeness (QED) is 0.846. The van der Waals surface area contributed by atoms with Crippen molar-refractivity contribution in [1.82, 2.24) is 10.3 Å². The number of Topliss-reactive ketones (excluding diaryl/α,β-unsaturated/α-hetero) is 1. The van der Waals surface area contributed by atoms with Gasteiger partial charge in [0, 0.05) is 44.4 Å². The van der Waals surface area contributed by atoms with Gasteiger partial charge in [0.2, 0.25) is 0 Å². The van der Waals surface area contributed by atoms with Crippen molar-refractivity contribution in [1.29, 1.82) is 0 Å². The Labute approximate surface area is 115 Å². The first-order valence-electron chi connectivity index (χ1n) is 6.91. The summed E-state index contributed by atoms with van der Waals surface area (Å²) < 4.78 is 0. The molecule has 0 unspecified atom stereocenters. The fourth-order valence-corrected chi connectivity index (χ4v) is 2.22. The van der Waals surface area contributed by atoms with E-state index < -0.39 is 0 Å². The van der Waals surface area contributed by atoms with Crippen molar-refractivity contribution in [2.45, 2.75) is 27.2 Å². The molecule has 1 aromatic heterocycles. The van der Waals surface area contributed by atoms with Gasteiger partial charge >= 0.3 is 0 Å². The molecule has 1 aliphatic heterocycles. The third-order valence-electron chi connectivity index (χ3n) is 3.20. The Kier molecular flexibility index (Phi) is 4.20. The fourth-order valence-electron chi connectivity index (χ4n) is 2.22. The van der Waals surface area contributed by atoms with Crippen molar-refractivity contribution in [2.24, 2.45) is 5.41 Å². The first kappa shape index (κ1) is 14.0. The number of nitrogens with zero attached hydrogens (tertiary/aromatic N) is 2. The topological polar surface area (TPSA) is 45.2 Å². The number of pyridine rings is 1. The minimum absolute atomic E-state index is 0.0221. The first-order chi connectivity index (χ1) is 8.96. The Balaban J connectivity index is 2.03. The van der Waals surface area contributed by atoms with Crippen LogP contribution in [0, 0.1) is 5.41 Å². The number of anilines is 1. The van der Waals surface area contributed by atoms with E-state index in [1.54, 1.807) is 6.20 Å². The highest BCUT2D eigenvalue weighted by molar-refractivity contribution is 5.96. The molecule has 1 aromatic rings. The minimum atomic E-state index is 0.0221. The highest BCUT2D eigenvalue weighted by Crippen LogP contribution is 2.22. The molecule has 0 spiro atoms. The normalized spacial score (nSPS) is 16.5. The van der Waals surface area contributed by atoms with E-state index in [0.29, 0.717) is 12.0 Å². The molecule has 0 bridgehead atoms. The van der Waals surface area contributed by atoms with E-state index in [1.807, 2.05) is 12.1 Å². The second-order valence-electron chi connectivity index (χ2n) is 6.30. The summed E-state index contributed by atoms with van der Waals surface area (Å²) in [5.41, 5.74) is 0.739. The molecule has 2 heterocycles. The minimum Gasteiger partial charge on any atom is -0.354 e. The smallest absolute Gasteiger partial charge is 0.164 e. The van der Waals surface area contributed by atoms with Crippen molar-refractivity contribution in [2.75, 3.05) is 31.1 Å². The van der Waals surface area contributed by atoms with E-state index in [4.69, 9.17) is 0 Å². The Morgan fingerprint density at radius 2 is 2.00 bits per heavy atom. The monoisotopic (exact) mass is 261 g/mol. The maximum atomic E-state index is 12.1. The van der Waals surface area contributed by atoms with Crippen LogP contribution in [0.25, 0.3) is 0 Å². The number of nitrogens with one attached hydrogen (secondary N) is 1. The van der Waals surface area contributed by atoms with E-state index in [9.17, 15) is 4.79 Å². The summed E-state index contributed by atoms with van der Waals surface area (Å²) in [6.07, 6.45) is 2.27. The van der Waals surface area contributed by atoms with Crippen LogP contribution in [0.1, 0.15) is 37.6 Å². The molecule has 0 amide bonds. The molecular weight excluding hydrogens is 238 g/mol. The zero-order chi connectivity index (χ0) is 13.9. The van der Waals surface area contributed by atoms with Crippen molar-refractivity contribution < 1.29 is 4.79 Å². The molecule has 19 heavy (non-hydrogen) atoms. The highest BCUT2D eigenvalue weighted by atomic mass is 16.1. The average molecular weight is 261 g/mol. The number of hydrogen-bond acceptors (Lipinski definition) is 4. The summed E-state index contributed by atoms with van der Waals surface area (Å²) in [4.78, 5) is 18.8. The molecule has 1 N–H and O–H groups in total. The van der Waals surface area contributed by atoms with Gasteiger partial charge in [0.15, 0.2) is 5.78 Å². The van der Waals surface area contributed by atoms with Crippen molar-refractivity contribution in [3.05, 3.63) is 23.9 Å². The van der Waals surface area contributed by atoms with Gasteiger partial charge in [-0.25, -0.2) is 4.98 Å². The van der Waals surface area contributed by atoms with E-state index in [1.165, 1.54) is 0 Å². The summed E-state index contributed by atoms with van der Waals surface area (Å²) in [5, 5.41) is 3.32. The van der Waals surface area contributed by atoms with Gasteiger partial charge in [0.05, 0.1) is 0 Å². The van der Waals surface area contributed by atoms with Crippen LogP contribution in [0.3, 0.4) is 0 Å². The van der Waals surface area contributed by atoms with Crippen LogP contribution in [0.5, 0.6) is 0 Å². The molecule has 1 aliphatic rings. The van der Waals surface area contributed by atoms with Gasteiger partial charge in [0.25, 0.3) is 0 Å². The molecule has 0 saturated carbocycles. The lowest BCUT2D eigenvalue weighted by Gasteiger charge is -2.28. The van der Waals surface area contributed by atoms with E-state index >= 15 is 0 Å². The summed E-state index contributed by atoms with van der Waals surface area (Å²) in [7, 11) is 0. The van der Waals surface area contributed by atoms with E-state index in [-0.39, 0.29) is 11.2 Å². The van der Waals surface area contributed by atoms with Crippen LogP contribution in [0.2, 0.25) is 0 Å². The second kappa shape index (κ2) is 5.70. The number of ketones is 1. The Hall–Kier alpha value is -1.42. The number of carbonyl (C=O) groups excluding carboxylic acids is 1. The van der Waals surface area contributed by atoms with Gasteiger partial charge in [0.1, 0.15) is 5.82 Å². The molecule has 1 fully saturated rings. The predicted octanol–water partition coefficient (Wildman–Crippen LogP) is 2.11. The zero-order valence-corrected chi connectivity index (χ0v) is 12.1. The number of piperazine rings is 1. The van der Waals surface area contributed by atoms with Crippen molar-refractivity contribution >= 4 is 11.6 Å². The Morgan fingerprint density at radius 3 is 2.53 bits per heavy atom. The second-order valence-corrected chi connectivity index (χ2v) is 6.30. The molecule has 4 nitrogen and oxygen atoms in total. The maximum Gasteiger partial charge on any atom is 0.164 e. The Morgan fingerprint density at radius 1 is 1.32 bits per heavy atom. The summed E-state index contributed by atoms with van der Waals surface area (Å²) in [6.45, 7) is 10.2. The fraction of sp³-hybridized carbons (Fsp3) is 0.600. The van der Waals surface area contributed by atoms with Crippen LogP contribution in [0.4, 0.5) is 5.82 Å². The number of aromatic nitrogens is 1. The molecule has 0 aromatic carbocycles. The van der Waals surface area contributed by atoms with Crippen molar-refractivity contribution in [3.8, 4) is 0 Å². The summed E-state index contributed by atoms with van der Waals surface area (Å²) >= 11 is 0. The lowest BCUT2D eigenvalue weighted by molar-refractivity contribution is 0.0939. The third-order valence-corrected chi connectivity index (χ3v) is 3.20. The number of hydrogen-bond donors (Lipinski definition) is 1. The van der Waals surface area contributed by atoms with Gasteiger partial charge in [-0.2, -0.15) is 0 Å². The van der Waals surface area contributed by atoms with Crippen molar-refractivity contribution in [3.63, 3.8) is 0 Å². The maximum absolute atomic E-state index is 12.1. The van der Waals surface area contributed by atoms with E-state index in [0.717, 1.165) is 32.0 Å².